The highest BCUT2D eigenvalue weighted by Gasteiger charge is 2.39. The Morgan fingerprint density at radius 1 is 1.24 bits per heavy atom. The summed E-state index contributed by atoms with van der Waals surface area (Å²) in [7, 11) is 0. The smallest absolute Gasteiger partial charge is 0.434 e. The predicted octanol–water partition coefficient (Wildman–Crippen LogP) is 3.37. The van der Waals surface area contributed by atoms with Gasteiger partial charge in [0.1, 0.15) is 11.4 Å². The van der Waals surface area contributed by atoms with Gasteiger partial charge in [-0.05, 0) is 12.5 Å². The quantitative estimate of drug-likeness (QED) is 0.730. The first kappa shape index (κ1) is 18.9. The van der Waals surface area contributed by atoms with Crippen molar-refractivity contribution in [2.45, 2.75) is 19.6 Å². The van der Waals surface area contributed by atoms with Gasteiger partial charge in [0.15, 0.2) is 5.69 Å². The van der Waals surface area contributed by atoms with Crippen LogP contribution in [-0.4, -0.2) is 34.9 Å². The molecule has 2 aromatic rings. The number of carbonyl (C=O) groups excluding carboxylic acids is 2. The van der Waals surface area contributed by atoms with Crippen molar-refractivity contribution < 1.29 is 27.5 Å². The van der Waals surface area contributed by atoms with Gasteiger partial charge in [0, 0.05) is 6.54 Å². The number of thiazole rings is 1. The molecule has 2 rings (SSSR count). The third kappa shape index (κ3) is 5.02. The van der Waals surface area contributed by atoms with E-state index in [1.54, 1.807) is 37.3 Å². The number of carbonyl (C=O) groups is 2. The predicted molar refractivity (Wildman–Crippen MR) is 84.9 cm³/mol. The molecule has 0 aliphatic heterocycles. The minimum Gasteiger partial charge on any atom is -0.465 e. The Bertz CT molecular complexity index is 732. The number of esters is 1. The largest absolute Gasteiger partial charge is 0.465 e. The molecule has 0 bridgehead atoms. The number of alkyl halides is 3. The lowest BCUT2D eigenvalue weighted by atomic mass is 10.2. The van der Waals surface area contributed by atoms with Gasteiger partial charge < -0.3 is 9.64 Å². The first-order valence-corrected chi connectivity index (χ1v) is 8.20. The van der Waals surface area contributed by atoms with E-state index in [1.165, 1.54) is 0 Å². The van der Waals surface area contributed by atoms with Gasteiger partial charge in [-0.15, -0.1) is 11.3 Å². The molecule has 0 aliphatic rings. The maximum atomic E-state index is 13.0. The monoisotopic (exact) mass is 372 g/mol. The number of hydrogen-bond donors (Lipinski definition) is 0. The van der Waals surface area contributed by atoms with Crippen molar-refractivity contribution in [2.24, 2.45) is 0 Å². The Morgan fingerprint density at radius 3 is 2.52 bits per heavy atom. The van der Waals surface area contributed by atoms with Gasteiger partial charge in [0.2, 0.25) is 0 Å². The van der Waals surface area contributed by atoms with Crippen LogP contribution in [0.5, 0.6) is 0 Å². The second-order valence-corrected chi connectivity index (χ2v) is 5.83. The lowest BCUT2D eigenvalue weighted by Crippen LogP contribution is -2.36. The molecule has 0 radical (unpaired) electrons. The van der Waals surface area contributed by atoms with E-state index in [1.807, 2.05) is 0 Å². The summed E-state index contributed by atoms with van der Waals surface area (Å²) < 4.78 is 43.8. The van der Waals surface area contributed by atoms with Crippen LogP contribution in [0.1, 0.15) is 27.9 Å². The summed E-state index contributed by atoms with van der Waals surface area (Å²) in [6.45, 7) is 1.25. The fraction of sp³-hybridized carbons (Fsp3) is 0.312. The average molecular weight is 372 g/mol. The number of nitrogens with zero attached hydrogens (tertiary/aromatic N) is 2. The van der Waals surface area contributed by atoms with Gasteiger partial charge in [-0.25, -0.2) is 4.98 Å². The first-order valence-electron chi connectivity index (χ1n) is 7.32. The van der Waals surface area contributed by atoms with E-state index in [9.17, 15) is 22.8 Å². The summed E-state index contributed by atoms with van der Waals surface area (Å²) in [5, 5.41) is 0. The Balaban J connectivity index is 2.29. The summed E-state index contributed by atoms with van der Waals surface area (Å²) in [4.78, 5) is 28.1. The van der Waals surface area contributed by atoms with Gasteiger partial charge in [-0.1, -0.05) is 30.3 Å². The molecule has 25 heavy (non-hydrogen) atoms. The van der Waals surface area contributed by atoms with Crippen LogP contribution in [0.2, 0.25) is 0 Å². The van der Waals surface area contributed by atoms with E-state index >= 15 is 0 Å². The van der Waals surface area contributed by atoms with Crippen LogP contribution in [0.25, 0.3) is 0 Å². The van der Waals surface area contributed by atoms with Crippen molar-refractivity contribution in [2.75, 3.05) is 13.2 Å². The van der Waals surface area contributed by atoms with E-state index in [4.69, 9.17) is 4.74 Å². The molecular formula is C16H15F3N2O3S. The van der Waals surface area contributed by atoms with Crippen LogP contribution >= 0.6 is 11.3 Å². The van der Waals surface area contributed by atoms with Crippen molar-refractivity contribution in [1.82, 2.24) is 9.88 Å². The fourth-order valence-corrected chi connectivity index (χ4v) is 2.88. The molecule has 0 unspecified atom stereocenters. The molecule has 1 aromatic carbocycles. The maximum Gasteiger partial charge on any atom is 0.434 e. The van der Waals surface area contributed by atoms with E-state index in [0.29, 0.717) is 16.9 Å². The number of halogens is 3. The Hall–Kier alpha value is -2.42. The number of amides is 1. The Kier molecular flexibility index (Phi) is 6.13. The fourth-order valence-electron chi connectivity index (χ4n) is 2.11. The second-order valence-electron chi connectivity index (χ2n) is 4.98. The summed E-state index contributed by atoms with van der Waals surface area (Å²) in [6.07, 6.45) is -4.74. The first-order chi connectivity index (χ1) is 11.8. The molecule has 0 fully saturated rings. The second kappa shape index (κ2) is 8.11. The van der Waals surface area contributed by atoms with Gasteiger partial charge in [0.05, 0.1) is 12.1 Å². The van der Waals surface area contributed by atoms with Gasteiger partial charge in [-0.3, -0.25) is 9.59 Å². The summed E-state index contributed by atoms with van der Waals surface area (Å²) in [6, 6.07) is 8.66. The minimum atomic E-state index is -4.74. The van der Waals surface area contributed by atoms with Crippen LogP contribution in [0.3, 0.4) is 0 Å². The standard InChI is InChI=1S/C16H15F3N2O3S/c1-2-24-12(22)9-21(8-11-6-4-3-5-7-11)15(23)13-14(16(17,18)19)20-10-25-13/h3-7,10H,2,8-9H2,1H3. The SMILES string of the molecule is CCOC(=O)CN(Cc1ccccc1)C(=O)c1scnc1C(F)(F)F. The maximum absolute atomic E-state index is 13.0. The molecule has 134 valence electrons. The van der Waals surface area contributed by atoms with Crippen molar-refractivity contribution >= 4 is 23.2 Å². The summed E-state index contributed by atoms with van der Waals surface area (Å²) >= 11 is 0.589. The molecule has 0 saturated heterocycles. The average Bonchev–Trinajstić information content (AvgIpc) is 3.04. The lowest BCUT2D eigenvalue weighted by molar-refractivity contribution is -0.143. The number of aromatic nitrogens is 1. The third-order valence-corrected chi connectivity index (χ3v) is 3.97. The molecule has 0 atom stereocenters. The molecular weight excluding hydrogens is 357 g/mol. The van der Waals surface area contributed by atoms with Crippen LogP contribution in [-0.2, 0) is 22.3 Å². The number of hydrogen-bond acceptors (Lipinski definition) is 5. The topological polar surface area (TPSA) is 59.5 Å². The molecule has 1 heterocycles. The van der Waals surface area contributed by atoms with Crippen molar-refractivity contribution in [3.8, 4) is 0 Å². The lowest BCUT2D eigenvalue weighted by Gasteiger charge is -2.22. The van der Waals surface area contributed by atoms with E-state index in [0.717, 1.165) is 10.4 Å². The normalized spacial score (nSPS) is 11.2. The molecule has 9 heteroatoms. The molecule has 5 nitrogen and oxygen atoms in total. The minimum absolute atomic E-state index is 0.0202. The Morgan fingerprint density at radius 2 is 1.92 bits per heavy atom. The highest BCUT2D eigenvalue weighted by Crippen LogP contribution is 2.33. The number of ether oxygens (including phenoxy) is 1. The van der Waals surface area contributed by atoms with Crippen molar-refractivity contribution in [3.63, 3.8) is 0 Å². The zero-order chi connectivity index (χ0) is 18.4. The van der Waals surface area contributed by atoms with Crippen molar-refractivity contribution in [1.29, 1.82) is 0 Å². The van der Waals surface area contributed by atoms with E-state index in [-0.39, 0.29) is 13.2 Å². The molecule has 0 saturated carbocycles. The summed E-state index contributed by atoms with van der Waals surface area (Å²) in [5.41, 5.74) is 0.392. The third-order valence-electron chi connectivity index (χ3n) is 3.16. The van der Waals surface area contributed by atoms with Crippen LogP contribution in [0.15, 0.2) is 35.8 Å². The van der Waals surface area contributed by atoms with Crippen LogP contribution < -0.4 is 0 Å². The number of benzene rings is 1. The van der Waals surface area contributed by atoms with Crippen LogP contribution in [0, 0.1) is 0 Å². The van der Waals surface area contributed by atoms with Gasteiger partial charge >= 0.3 is 12.1 Å². The van der Waals surface area contributed by atoms with Gasteiger partial charge in [-0.2, -0.15) is 13.2 Å². The molecule has 0 spiro atoms. The molecule has 1 amide bonds. The van der Waals surface area contributed by atoms with Gasteiger partial charge in [0.25, 0.3) is 5.91 Å². The zero-order valence-electron chi connectivity index (χ0n) is 13.2. The highest BCUT2D eigenvalue weighted by atomic mass is 32.1. The van der Waals surface area contributed by atoms with E-state index < -0.39 is 35.2 Å². The Labute approximate surface area is 146 Å². The number of rotatable bonds is 6. The molecule has 0 N–H and O–H groups in total. The van der Waals surface area contributed by atoms with Crippen molar-refractivity contribution in [3.05, 3.63) is 52.0 Å². The van der Waals surface area contributed by atoms with Crippen LogP contribution in [0.4, 0.5) is 13.2 Å². The highest BCUT2D eigenvalue weighted by molar-refractivity contribution is 7.11. The summed E-state index contributed by atoms with van der Waals surface area (Å²) in [5.74, 6) is -1.60. The zero-order valence-corrected chi connectivity index (χ0v) is 14.1. The van der Waals surface area contributed by atoms with E-state index in [2.05, 4.69) is 4.98 Å². The molecule has 1 aromatic heterocycles. The molecule has 0 aliphatic carbocycles.